The number of thiazole rings is 1. The van der Waals surface area contributed by atoms with E-state index >= 15 is 0 Å². The Kier molecular flexibility index (Phi) is 6.65. The second kappa shape index (κ2) is 9.04. The summed E-state index contributed by atoms with van der Waals surface area (Å²) in [6, 6.07) is 11.8. The van der Waals surface area contributed by atoms with Crippen LogP contribution in [0.3, 0.4) is 0 Å². The van der Waals surface area contributed by atoms with Gasteiger partial charge in [0.05, 0.1) is 27.4 Å². The molecular formula is C22H24ClN5OS. The van der Waals surface area contributed by atoms with Crippen molar-refractivity contribution in [3.63, 3.8) is 0 Å². The number of amides is 1. The van der Waals surface area contributed by atoms with Crippen molar-refractivity contribution < 1.29 is 4.79 Å². The first kappa shape index (κ1) is 22.1. The Balaban J connectivity index is 0.00000256. The quantitative estimate of drug-likeness (QED) is 0.456. The summed E-state index contributed by atoms with van der Waals surface area (Å²) >= 11 is 1.54. The van der Waals surface area contributed by atoms with E-state index in [0.717, 1.165) is 27.8 Å². The van der Waals surface area contributed by atoms with E-state index in [-0.39, 0.29) is 18.3 Å². The molecule has 30 heavy (non-hydrogen) atoms. The van der Waals surface area contributed by atoms with Crippen molar-refractivity contribution in [1.29, 1.82) is 0 Å². The number of carbonyl (C=O) groups excluding carboxylic acids is 1. The number of fused-ring (bicyclic) bond motifs is 2. The standard InChI is InChI=1S/C22H23N5OS.ClH/c1-14-11-15(2)20-19(12-14)29-22(25-20)27(10-9-26(3)4)21(28)18-13-23-16-7-5-6-8-17(16)24-18;/h5-8,11-13H,9-10H2,1-4H3;1H. The van der Waals surface area contributed by atoms with Crippen molar-refractivity contribution in [2.75, 3.05) is 32.1 Å². The third-order valence-electron chi connectivity index (χ3n) is 4.73. The summed E-state index contributed by atoms with van der Waals surface area (Å²) in [5.74, 6) is -0.182. The highest BCUT2D eigenvalue weighted by Crippen LogP contribution is 2.32. The first-order valence-electron chi connectivity index (χ1n) is 9.48. The van der Waals surface area contributed by atoms with Gasteiger partial charge in [0.2, 0.25) is 0 Å². The van der Waals surface area contributed by atoms with E-state index in [1.165, 1.54) is 16.9 Å². The molecule has 0 aliphatic rings. The predicted molar refractivity (Wildman–Crippen MR) is 126 cm³/mol. The Morgan fingerprint density at radius 1 is 1.03 bits per heavy atom. The van der Waals surface area contributed by atoms with Crippen molar-refractivity contribution in [3.05, 3.63) is 59.4 Å². The number of para-hydroxylation sites is 2. The van der Waals surface area contributed by atoms with E-state index in [9.17, 15) is 4.79 Å². The van der Waals surface area contributed by atoms with Gasteiger partial charge < -0.3 is 4.90 Å². The second-order valence-corrected chi connectivity index (χ2v) is 8.44. The van der Waals surface area contributed by atoms with Crippen LogP contribution in [0.5, 0.6) is 0 Å². The van der Waals surface area contributed by atoms with Crippen LogP contribution in [0.15, 0.2) is 42.6 Å². The average molecular weight is 442 g/mol. The molecule has 6 nitrogen and oxygen atoms in total. The molecule has 0 spiro atoms. The molecule has 0 bridgehead atoms. The molecular weight excluding hydrogens is 418 g/mol. The fourth-order valence-electron chi connectivity index (χ4n) is 3.26. The lowest BCUT2D eigenvalue weighted by Gasteiger charge is -2.21. The van der Waals surface area contributed by atoms with Crippen LogP contribution in [0.4, 0.5) is 5.13 Å². The van der Waals surface area contributed by atoms with Gasteiger partial charge in [-0.05, 0) is 57.3 Å². The maximum atomic E-state index is 13.4. The summed E-state index contributed by atoms with van der Waals surface area (Å²) in [5, 5.41) is 0.690. The van der Waals surface area contributed by atoms with E-state index in [0.29, 0.717) is 22.9 Å². The zero-order valence-corrected chi connectivity index (χ0v) is 19.0. The highest BCUT2D eigenvalue weighted by atomic mass is 35.5. The summed E-state index contributed by atoms with van der Waals surface area (Å²) in [6.45, 7) is 5.38. The average Bonchev–Trinajstić information content (AvgIpc) is 3.11. The van der Waals surface area contributed by atoms with Crippen LogP contribution in [0.2, 0.25) is 0 Å². The molecule has 0 fully saturated rings. The molecule has 156 valence electrons. The molecule has 0 saturated carbocycles. The molecule has 0 radical (unpaired) electrons. The minimum atomic E-state index is -0.182. The maximum Gasteiger partial charge on any atom is 0.280 e. The molecule has 2 aromatic carbocycles. The van der Waals surface area contributed by atoms with Gasteiger partial charge in [0.15, 0.2) is 5.13 Å². The normalized spacial score (nSPS) is 11.1. The number of aryl methyl sites for hydroxylation is 2. The lowest BCUT2D eigenvalue weighted by Crippen LogP contribution is -2.37. The van der Waals surface area contributed by atoms with E-state index in [2.05, 4.69) is 40.8 Å². The number of rotatable bonds is 5. The van der Waals surface area contributed by atoms with Crippen LogP contribution >= 0.6 is 23.7 Å². The number of carbonyl (C=O) groups is 1. The summed E-state index contributed by atoms with van der Waals surface area (Å²) < 4.78 is 1.09. The maximum absolute atomic E-state index is 13.4. The van der Waals surface area contributed by atoms with Crippen LogP contribution in [-0.4, -0.2) is 52.9 Å². The highest BCUT2D eigenvalue weighted by molar-refractivity contribution is 7.22. The van der Waals surface area contributed by atoms with Gasteiger partial charge in [-0.2, -0.15) is 0 Å². The van der Waals surface area contributed by atoms with Gasteiger partial charge in [0, 0.05) is 13.1 Å². The van der Waals surface area contributed by atoms with Gasteiger partial charge in [-0.15, -0.1) is 12.4 Å². The molecule has 1 amide bonds. The largest absolute Gasteiger partial charge is 0.308 e. The summed E-state index contributed by atoms with van der Waals surface area (Å²) in [4.78, 5) is 30.9. The molecule has 0 atom stereocenters. The predicted octanol–water partition coefficient (Wildman–Crippen LogP) is 4.49. The number of aromatic nitrogens is 3. The van der Waals surface area contributed by atoms with E-state index in [4.69, 9.17) is 4.98 Å². The second-order valence-electron chi connectivity index (χ2n) is 7.43. The first-order valence-corrected chi connectivity index (χ1v) is 10.3. The van der Waals surface area contributed by atoms with Gasteiger partial charge in [-0.25, -0.2) is 9.97 Å². The Morgan fingerprint density at radius 3 is 2.50 bits per heavy atom. The zero-order valence-electron chi connectivity index (χ0n) is 17.4. The Bertz CT molecular complexity index is 1210. The number of hydrogen-bond donors (Lipinski definition) is 0. The lowest BCUT2D eigenvalue weighted by atomic mass is 10.1. The fourth-order valence-corrected chi connectivity index (χ4v) is 4.42. The van der Waals surface area contributed by atoms with Gasteiger partial charge in [0.25, 0.3) is 5.91 Å². The minimum Gasteiger partial charge on any atom is -0.308 e. The van der Waals surface area contributed by atoms with Gasteiger partial charge in [0.1, 0.15) is 5.69 Å². The smallest absolute Gasteiger partial charge is 0.280 e. The molecule has 8 heteroatoms. The summed E-state index contributed by atoms with van der Waals surface area (Å²) in [7, 11) is 3.98. The Labute approximate surface area is 186 Å². The third-order valence-corrected chi connectivity index (χ3v) is 5.76. The van der Waals surface area contributed by atoms with Crippen LogP contribution in [0.25, 0.3) is 21.3 Å². The van der Waals surface area contributed by atoms with Crippen LogP contribution in [0.1, 0.15) is 21.6 Å². The van der Waals surface area contributed by atoms with Crippen molar-refractivity contribution in [3.8, 4) is 0 Å². The number of likely N-dealkylation sites (N-methyl/N-ethyl adjacent to an activating group) is 1. The molecule has 0 unspecified atom stereocenters. The first-order chi connectivity index (χ1) is 13.9. The van der Waals surface area contributed by atoms with E-state index in [1.807, 2.05) is 38.4 Å². The number of benzene rings is 2. The number of nitrogens with zero attached hydrogens (tertiary/aromatic N) is 5. The van der Waals surface area contributed by atoms with Crippen molar-refractivity contribution in [2.45, 2.75) is 13.8 Å². The van der Waals surface area contributed by atoms with E-state index < -0.39 is 0 Å². The number of halogens is 1. The zero-order chi connectivity index (χ0) is 20.5. The van der Waals surface area contributed by atoms with Crippen LogP contribution < -0.4 is 4.90 Å². The number of anilines is 1. The summed E-state index contributed by atoms with van der Waals surface area (Å²) in [6.07, 6.45) is 1.55. The molecule has 0 aliphatic heterocycles. The monoisotopic (exact) mass is 441 g/mol. The van der Waals surface area contributed by atoms with Gasteiger partial charge >= 0.3 is 0 Å². The number of hydrogen-bond acceptors (Lipinski definition) is 6. The van der Waals surface area contributed by atoms with Crippen molar-refractivity contribution in [1.82, 2.24) is 19.9 Å². The van der Waals surface area contributed by atoms with Gasteiger partial charge in [-0.3, -0.25) is 14.7 Å². The van der Waals surface area contributed by atoms with Crippen molar-refractivity contribution >= 4 is 56.0 Å². The summed E-state index contributed by atoms with van der Waals surface area (Å²) in [5.41, 5.74) is 5.07. The lowest BCUT2D eigenvalue weighted by molar-refractivity contribution is 0.0980. The molecule has 4 rings (SSSR count). The topological polar surface area (TPSA) is 62.2 Å². The minimum absolute atomic E-state index is 0. The van der Waals surface area contributed by atoms with Crippen molar-refractivity contribution in [2.24, 2.45) is 0 Å². The molecule has 2 aromatic heterocycles. The van der Waals surface area contributed by atoms with E-state index in [1.54, 1.807) is 11.1 Å². The Hall–Kier alpha value is -2.61. The molecule has 0 N–H and O–H groups in total. The fraction of sp³-hybridized carbons (Fsp3) is 0.273. The molecule has 4 aromatic rings. The highest BCUT2D eigenvalue weighted by Gasteiger charge is 2.23. The SMILES string of the molecule is Cc1cc(C)c2nc(N(CCN(C)C)C(=O)c3cnc4ccccc4n3)sc2c1.Cl. The molecule has 2 heterocycles. The van der Waals surface area contributed by atoms with Crippen LogP contribution in [-0.2, 0) is 0 Å². The third kappa shape index (κ3) is 4.43. The van der Waals surface area contributed by atoms with Crippen LogP contribution in [0, 0.1) is 13.8 Å². The van der Waals surface area contributed by atoms with Gasteiger partial charge in [-0.1, -0.05) is 29.5 Å². The Morgan fingerprint density at radius 2 is 1.77 bits per heavy atom. The molecule has 0 saturated heterocycles. The molecule has 0 aliphatic carbocycles.